The van der Waals surface area contributed by atoms with E-state index in [1.54, 1.807) is 0 Å². The summed E-state index contributed by atoms with van der Waals surface area (Å²) in [6, 6.07) is 0.698. The number of hydrogen-bond donors (Lipinski definition) is 0. The molecule has 0 aromatic heterocycles. The highest BCUT2D eigenvalue weighted by Crippen LogP contribution is 2.30. The normalized spacial score (nSPS) is 11.3. The van der Waals surface area contributed by atoms with E-state index in [4.69, 9.17) is 0 Å². The van der Waals surface area contributed by atoms with E-state index in [1.165, 1.54) is 0 Å². The second-order valence-corrected chi connectivity index (χ2v) is 2.52. The molecule has 0 saturated heterocycles. The minimum absolute atomic E-state index is 0.323. The van der Waals surface area contributed by atoms with E-state index >= 15 is 0 Å². The van der Waals surface area contributed by atoms with Gasteiger partial charge in [0.2, 0.25) is 11.6 Å². The van der Waals surface area contributed by atoms with E-state index < -0.39 is 34.4 Å². The molecule has 9 heteroatoms. The van der Waals surface area contributed by atoms with Crippen molar-refractivity contribution in [3.8, 4) is 5.75 Å². The Labute approximate surface area is 84.4 Å². The Balaban J connectivity index is 3.17. The summed E-state index contributed by atoms with van der Waals surface area (Å²) in [4.78, 5) is 8.84. The monoisotopic (exact) mass is 243 g/mol. The predicted octanol–water partition coefficient (Wildman–Crippen LogP) is 2.77. The van der Waals surface area contributed by atoms with Crippen LogP contribution in [0, 0.1) is 21.7 Å². The van der Waals surface area contributed by atoms with Crippen LogP contribution in [0.3, 0.4) is 0 Å². The van der Waals surface area contributed by atoms with Crippen LogP contribution in [0.5, 0.6) is 5.75 Å². The van der Waals surface area contributed by atoms with E-state index in [0.717, 1.165) is 0 Å². The van der Waals surface area contributed by atoms with Gasteiger partial charge in [0.15, 0.2) is 5.75 Å². The van der Waals surface area contributed by atoms with Gasteiger partial charge in [-0.25, -0.2) is 0 Å². The van der Waals surface area contributed by atoms with Crippen molar-refractivity contribution < 1.29 is 31.6 Å². The van der Waals surface area contributed by atoms with Crippen molar-refractivity contribution in [2.45, 2.75) is 6.36 Å². The zero-order valence-electron chi connectivity index (χ0n) is 7.22. The third kappa shape index (κ3) is 2.55. The first-order chi connectivity index (χ1) is 7.22. The molecule has 0 saturated carbocycles. The fourth-order valence-corrected chi connectivity index (χ4v) is 0.866. The molecule has 0 spiro atoms. The van der Waals surface area contributed by atoms with Gasteiger partial charge in [0.25, 0.3) is 0 Å². The maximum Gasteiger partial charge on any atom is 0.573 e. The molecule has 0 fully saturated rings. The van der Waals surface area contributed by atoms with Crippen LogP contribution in [-0.2, 0) is 0 Å². The first-order valence-corrected chi connectivity index (χ1v) is 3.60. The lowest BCUT2D eigenvalue weighted by molar-refractivity contribution is -0.387. The van der Waals surface area contributed by atoms with Gasteiger partial charge in [-0.2, -0.15) is 8.78 Å². The van der Waals surface area contributed by atoms with Gasteiger partial charge in [0, 0.05) is 6.07 Å². The fraction of sp³-hybridized carbons (Fsp3) is 0.143. The van der Waals surface area contributed by atoms with Crippen LogP contribution in [0.1, 0.15) is 0 Å². The molecule has 1 rings (SSSR count). The predicted molar refractivity (Wildman–Crippen MR) is 39.7 cm³/mol. The van der Waals surface area contributed by atoms with Gasteiger partial charge in [-0.15, -0.1) is 13.2 Å². The number of nitrogens with zero attached hydrogens (tertiary/aromatic N) is 1. The summed E-state index contributed by atoms with van der Waals surface area (Å²) < 4.78 is 63.8. The number of rotatable bonds is 2. The Morgan fingerprint density at radius 2 is 1.75 bits per heavy atom. The molecule has 0 aliphatic rings. The first-order valence-electron chi connectivity index (χ1n) is 3.60. The minimum atomic E-state index is -5.20. The summed E-state index contributed by atoms with van der Waals surface area (Å²) in [6.07, 6.45) is -5.20. The molecule has 1 aromatic rings. The van der Waals surface area contributed by atoms with Crippen LogP contribution >= 0.6 is 0 Å². The largest absolute Gasteiger partial charge is 0.573 e. The van der Waals surface area contributed by atoms with Crippen LogP contribution < -0.4 is 4.74 Å². The number of nitro benzene ring substituents is 1. The third-order valence-electron chi connectivity index (χ3n) is 1.45. The van der Waals surface area contributed by atoms with E-state index in [9.17, 15) is 32.1 Å². The van der Waals surface area contributed by atoms with Crippen molar-refractivity contribution in [2.75, 3.05) is 0 Å². The second-order valence-electron chi connectivity index (χ2n) is 2.52. The Bertz CT molecular complexity index is 431. The van der Waals surface area contributed by atoms with E-state index in [1.807, 2.05) is 0 Å². The van der Waals surface area contributed by atoms with E-state index in [0.29, 0.717) is 12.1 Å². The van der Waals surface area contributed by atoms with Crippen LogP contribution in [0.15, 0.2) is 12.1 Å². The highest BCUT2D eigenvalue weighted by Gasteiger charge is 2.34. The molecule has 0 bridgehead atoms. The van der Waals surface area contributed by atoms with Crippen LogP contribution in [0.2, 0.25) is 0 Å². The van der Waals surface area contributed by atoms with Crippen molar-refractivity contribution in [3.05, 3.63) is 33.9 Å². The lowest BCUT2D eigenvalue weighted by Crippen LogP contribution is -2.18. The summed E-state index contributed by atoms with van der Waals surface area (Å²) in [6.45, 7) is 0. The molecule has 0 amide bonds. The van der Waals surface area contributed by atoms with Gasteiger partial charge in [-0.05, 0) is 6.07 Å². The van der Waals surface area contributed by atoms with Gasteiger partial charge in [0.05, 0.1) is 4.92 Å². The SMILES string of the molecule is O=[N+]([O-])c1ccc(OC(F)(F)F)c(F)c1F. The van der Waals surface area contributed by atoms with E-state index in [-0.39, 0.29) is 0 Å². The molecule has 0 heterocycles. The summed E-state index contributed by atoms with van der Waals surface area (Å²) in [5, 5.41) is 10.1. The minimum Gasteiger partial charge on any atom is -0.403 e. The molecular weight excluding hydrogens is 241 g/mol. The summed E-state index contributed by atoms with van der Waals surface area (Å²) >= 11 is 0. The maximum atomic E-state index is 12.8. The quantitative estimate of drug-likeness (QED) is 0.456. The van der Waals surface area contributed by atoms with Crippen LogP contribution in [-0.4, -0.2) is 11.3 Å². The van der Waals surface area contributed by atoms with E-state index in [2.05, 4.69) is 4.74 Å². The van der Waals surface area contributed by atoms with Crippen LogP contribution in [0.25, 0.3) is 0 Å². The maximum absolute atomic E-state index is 12.8. The highest BCUT2D eigenvalue weighted by molar-refractivity contribution is 5.39. The van der Waals surface area contributed by atoms with Crippen molar-refractivity contribution in [1.29, 1.82) is 0 Å². The molecule has 4 nitrogen and oxygen atoms in total. The van der Waals surface area contributed by atoms with Crippen LogP contribution in [0.4, 0.5) is 27.6 Å². The average Bonchev–Trinajstić information content (AvgIpc) is 2.10. The van der Waals surface area contributed by atoms with Crippen molar-refractivity contribution in [3.63, 3.8) is 0 Å². The molecule has 16 heavy (non-hydrogen) atoms. The molecule has 0 N–H and O–H groups in total. The Morgan fingerprint density at radius 1 is 1.19 bits per heavy atom. The molecular formula is C7H2F5NO3. The second kappa shape index (κ2) is 3.91. The van der Waals surface area contributed by atoms with Crippen molar-refractivity contribution in [2.24, 2.45) is 0 Å². The number of halogens is 5. The molecule has 1 aromatic carbocycles. The topological polar surface area (TPSA) is 52.4 Å². The molecule has 0 radical (unpaired) electrons. The fourth-order valence-electron chi connectivity index (χ4n) is 0.866. The van der Waals surface area contributed by atoms with Gasteiger partial charge in [-0.3, -0.25) is 10.1 Å². The number of benzene rings is 1. The summed E-state index contributed by atoms with van der Waals surface area (Å²) in [5.41, 5.74) is -1.27. The third-order valence-corrected chi connectivity index (χ3v) is 1.45. The zero-order chi connectivity index (χ0) is 12.5. The number of nitro groups is 1. The first kappa shape index (κ1) is 12.1. The highest BCUT2D eigenvalue weighted by atomic mass is 19.4. The summed E-state index contributed by atoms with van der Waals surface area (Å²) in [5.74, 6) is -5.53. The number of alkyl halides is 3. The lowest BCUT2D eigenvalue weighted by Gasteiger charge is -2.09. The molecule has 88 valence electrons. The lowest BCUT2D eigenvalue weighted by atomic mass is 10.3. The summed E-state index contributed by atoms with van der Waals surface area (Å²) in [7, 11) is 0. The van der Waals surface area contributed by atoms with Gasteiger partial charge in [-0.1, -0.05) is 0 Å². The molecule has 0 atom stereocenters. The average molecular weight is 243 g/mol. The van der Waals surface area contributed by atoms with Crippen molar-refractivity contribution in [1.82, 2.24) is 0 Å². The van der Waals surface area contributed by atoms with Gasteiger partial charge >= 0.3 is 12.0 Å². The van der Waals surface area contributed by atoms with Crippen molar-refractivity contribution >= 4 is 5.69 Å². The Kier molecular flexibility index (Phi) is 2.97. The Morgan fingerprint density at radius 3 is 2.19 bits per heavy atom. The Hall–Kier alpha value is -1.93. The standard InChI is InChI=1S/C7H2F5NO3/c8-5-3(13(14)15)1-2-4(6(5)9)16-7(10,11)12/h1-2H. The van der Waals surface area contributed by atoms with Gasteiger partial charge in [0.1, 0.15) is 0 Å². The molecule has 0 unspecified atom stereocenters. The smallest absolute Gasteiger partial charge is 0.403 e. The zero-order valence-corrected chi connectivity index (χ0v) is 7.22. The molecule has 0 aliphatic carbocycles. The number of ether oxygens (including phenoxy) is 1. The molecule has 0 aliphatic heterocycles. The van der Waals surface area contributed by atoms with Gasteiger partial charge < -0.3 is 4.74 Å². The number of hydrogen-bond acceptors (Lipinski definition) is 3.